The van der Waals surface area contributed by atoms with E-state index < -0.39 is 0 Å². The highest BCUT2D eigenvalue weighted by Gasteiger charge is 2.09. The second kappa shape index (κ2) is 3.78. The van der Waals surface area contributed by atoms with E-state index in [2.05, 4.69) is 4.98 Å². The van der Waals surface area contributed by atoms with Crippen molar-refractivity contribution in [2.45, 2.75) is 27.7 Å². The monoisotopic (exact) mass is 193 g/mol. The molecule has 3 heteroatoms. The van der Waals surface area contributed by atoms with Crippen molar-refractivity contribution in [3.05, 3.63) is 32.7 Å². The van der Waals surface area contributed by atoms with E-state index in [1.807, 2.05) is 20.8 Å². The predicted molar refractivity (Wildman–Crippen MR) is 56.0 cm³/mol. The second-order valence-electron chi connectivity index (χ2n) is 3.41. The average molecular weight is 193 g/mol. The van der Waals surface area contributed by atoms with E-state index in [0.29, 0.717) is 5.56 Å². The standard InChI is InChI=1S/C11H15NO2/c1-6-7(2)11(13)12-9(4)8(3)10(6)14-5/h1-5H3. The molecular formula is C11H15NO2. The van der Waals surface area contributed by atoms with E-state index in [1.54, 1.807) is 14.0 Å². The van der Waals surface area contributed by atoms with Crippen LogP contribution in [-0.2, 0) is 0 Å². The van der Waals surface area contributed by atoms with Crippen LogP contribution in [0.3, 0.4) is 0 Å². The molecule has 0 atom stereocenters. The topological polar surface area (TPSA) is 39.2 Å². The Morgan fingerprint density at radius 3 is 2.07 bits per heavy atom. The normalized spacial score (nSPS) is 10.1. The Labute approximate surface area is 83.8 Å². The molecule has 1 heterocycles. The third kappa shape index (κ3) is 1.62. The molecule has 0 bridgehead atoms. The molecule has 0 unspecified atom stereocenters. The van der Waals surface area contributed by atoms with Gasteiger partial charge in [0.15, 0.2) is 0 Å². The molecule has 1 aromatic rings. The molecule has 0 aliphatic carbocycles. The molecule has 0 saturated heterocycles. The smallest absolute Gasteiger partial charge is 0.273 e. The maximum absolute atomic E-state index is 11.5. The van der Waals surface area contributed by atoms with Gasteiger partial charge in [-0.25, -0.2) is 4.98 Å². The summed E-state index contributed by atoms with van der Waals surface area (Å²) in [5.41, 5.74) is 3.00. The molecule has 0 spiro atoms. The zero-order valence-electron chi connectivity index (χ0n) is 9.26. The van der Waals surface area contributed by atoms with Crippen molar-refractivity contribution in [2.75, 3.05) is 7.11 Å². The first-order chi connectivity index (χ1) is 6.49. The molecule has 3 nitrogen and oxygen atoms in total. The molecule has 0 aliphatic rings. The number of methoxy groups -OCH3 is 1. The Bertz CT molecular complexity index is 425. The maximum atomic E-state index is 11.5. The summed E-state index contributed by atoms with van der Waals surface area (Å²) in [6.07, 6.45) is 0. The van der Waals surface area contributed by atoms with E-state index in [1.165, 1.54) is 0 Å². The van der Waals surface area contributed by atoms with Crippen molar-refractivity contribution >= 4 is 0 Å². The van der Waals surface area contributed by atoms with E-state index in [9.17, 15) is 4.79 Å². The third-order valence-corrected chi connectivity index (χ3v) is 2.58. The van der Waals surface area contributed by atoms with Crippen LogP contribution in [0.2, 0.25) is 0 Å². The van der Waals surface area contributed by atoms with Crippen LogP contribution < -0.4 is 10.3 Å². The Balaban J connectivity index is 3.78. The number of hydrogen-bond acceptors (Lipinski definition) is 3. The van der Waals surface area contributed by atoms with Crippen molar-refractivity contribution in [3.63, 3.8) is 0 Å². The summed E-state index contributed by atoms with van der Waals surface area (Å²) >= 11 is 0. The second-order valence-corrected chi connectivity index (χ2v) is 3.41. The van der Waals surface area contributed by atoms with Gasteiger partial charge in [-0.1, -0.05) is 0 Å². The lowest BCUT2D eigenvalue weighted by Crippen LogP contribution is -2.07. The van der Waals surface area contributed by atoms with Crippen LogP contribution in [0.5, 0.6) is 5.75 Å². The van der Waals surface area contributed by atoms with Gasteiger partial charge in [-0.2, -0.15) is 0 Å². The first kappa shape index (κ1) is 10.7. The molecular weight excluding hydrogens is 178 g/mol. The Hall–Kier alpha value is -1.38. The molecule has 0 N–H and O–H groups in total. The summed E-state index contributed by atoms with van der Waals surface area (Å²) < 4.78 is 5.27. The van der Waals surface area contributed by atoms with Crippen molar-refractivity contribution in [1.82, 2.24) is 4.98 Å². The van der Waals surface area contributed by atoms with Crippen LogP contribution >= 0.6 is 0 Å². The van der Waals surface area contributed by atoms with Crippen molar-refractivity contribution in [1.29, 1.82) is 0 Å². The number of aryl methyl sites for hydroxylation is 1. The highest BCUT2D eigenvalue weighted by Crippen LogP contribution is 2.23. The third-order valence-electron chi connectivity index (χ3n) is 2.58. The van der Waals surface area contributed by atoms with Gasteiger partial charge in [0.25, 0.3) is 5.56 Å². The number of ether oxygens (including phenoxy) is 1. The van der Waals surface area contributed by atoms with Gasteiger partial charge in [-0.3, -0.25) is 4.79 Å². The summed E-state index contributed by atoms with van der Waals surface area (Å²) in [4.78, 5) is 15.5. The fraction of sp³-hybridized carbons (Fsp3) is 0.455. The summed E-state index contributed by atoms with van der Waals surface area (Å²) in [6.45, 7) is 7.38. The molecule has 0 fully saturated rings. The van der Waals surface area contributed by atoms with Gasteiger partial charge in [-0.15, -0.1) is 0 Å². The Kier molecular flexibility index (Phi) is 2.89. The lowest BCUT2D eigenvalue weighted by Gasteiger charge is -2.05. The quantitative estimate of drug-likeness (QED) is 0.681. The highest BCUT2D eigenvalue weighted by molar-refractivity contribution is 5.43. The van der Waals surface area contributed by atoms with Gasteiger partial charge in [0, 0.05) is 16.8 Å². The fourth-order valence-electron chi connectivity index (χ4n) is 1.40. The van der Waals surface area contributed by atoms with Crippen LogP contribution in [0, 0.1) is 27.7 Å². The summed E-state index contributed by atoms with van der Waals surface area (Å²) in [5.74, 6) is 0.759. The van der Waals surface area contributed by atoms with E-state index in [0.717, 1.165) is 22.6 Å². The molecule has 76 valence electrons. The highest BCUT2D eigenvalue weighted by atomic mass is 16.5. The minimum Gasteiger partial charge on any atom is -0.496 e. The summed E-state index contributed by atoms with van der Waals surface area (Å²) in [7, 11) is 1.61. The first-order valence-electron chi connectivity index (χ1n) is 4.51. The first-order valence-corrected chi connectivity index (χ1v) is 4.51. The summed E-state index contributed by atoms with van der Waals surface area (Å²) in [6, 6.07) is 0. The SMILES string of the molecule is COc1c(C)c(C)nc(=O)c(C)c1C. The number of rotatable bonds is 1. The van der Waals surface area contributed by atoms with Gasteiger partial charge in [0.05, 0.1) is 7.11 Å². The van der Waals surface area contributed by atoms with Crippen LogP contribution in [0.4, 0.5) is 0 Å². The number of nitrogens with zero attached hydrogens (tertiary/aromatic N) is 1. The largest absolute Gasteiger partial charge is 0.496 e. The molecule has 0 amide bonds. The van der Waals surface area contributed by atoms with E-state index in [-0.39, 0.29) is 5.56 Å². The molecule has 0 aliphatic heterocycles. The molecule has 1 aromatic heterocycles. The molecule has 14 heavy (non-hydrogen) atoms. The lowest BCUT2D eigenvalue weighted by molar-refractivity contribution is 0.408. The number of aromatic nitrogens is 1. The molecule has 0 radical (unpaired) electrons. The Morgan fingerprint density at radius 2 is 1.57 bits per heavy atom. The minimum atomic E-state index is -0.175. The van der Waals surface area contributed by atoms with E-state index in [4.69, 9.17) is 4.74 Å². The minimum absolute atomic E-state index is 0.175. The van der Waals surface area contributed by atoms with Crippen molar-refractivity contribution in [3.8, 4) is 5.75 Å². The van der Waals surface area contributed by atoms with Crippen LogP contribution in [0.1, 0.15) is 22.4 Å². The van der Waals surface area contributed by atoms with Gasteiger partial charge < -0.3 is 4.74 Å². The fourth-order valence-corrected chi connectivity index (χ4v) is 1.40. The van der Waals surface area contributed by atoms with Gasteiger partial charge in [0.2, 0.25) is 0 Å². The van der Waals surface area contributed by atoms with Crippen LogP contribution in [-0.4, -0.2) is 12.1 Å². The van der Waals surface area contributed by atoms with Crippen molar-refractivity contribution < 1.29 is 4.74 Å². The zero-order chi connectivity index (χ0) is 10.9. The van der Waals surface area contributed by atoms with Gasteiger partial charge in [-0.05, 0) is 33.3 Å². The van der Waals surface area contributed by atoms with Crippen LogP contribution in [0.15, 0.2) is 4.79 Å². The average Bonchev–Trinajstić information content (AvgIpc) is 2.21. The van der Waals surface area contributed by atoms with Gasteiger partial charge >= 0.3 is 0 Å². The van der Waals surface area contributed by atoms with Crippen LogP contribution in [0.25, 0.3) is 0 Å². The predicted octanol–water partition coefficient (Wildman–Crippen LogP) is 1.68. The summed E-state index contributed by atoms with van der Waals surface area (Å²) in [5, 5.41) is 0. The molecule has 0 saturated carbocycles. The maximum Gasteiger partial charge on any atom is 0.273 e. The number of hydrogen-bond donors (Lipinski definition) is 0. The van der Waals surface area contributed by atoms with Crippen molar-refractivity contribution in [2.24, 2.45) is 0 Å². The Morgan fingerprint density at radius 1 is 1.00 bits per heavy atom. The van der Waals surface area contributed by atoms with Gasteiger partial charge in [0.1, 0.15) is 5.75 Å². The zero-order valence-corrected chi connectivity index (χ0v) is 9.26. The lowest BCUT2D eigenvalue weighted by atomic mass is 10.1. The molecule has 0 aromatic carbocycles. The molecule has 1 rings (SSSR count). The van der Waals surface area contributed by atoms with E-state index >= 15 is 0 Å².